The highest BCUT2D eigenvalue weighted by Crippen LogP contribution is 2.27. The zero-order chi connectivity index (χ0) is 23.9. The number of benzene rings is 3. The molecule has 0 bridgehead atoms. The van der Waals surface area contributed by atoms with Crippen LogP contribution in [-0.4, -0.2) is 17.8 Å². The lowest BCUT2D eigenvalue weighted by Crippen LogP contribution is -2.55. The van der Waals surface area contributed by atoms with Gasteiger partial charge in [0.25, 0.3) is 0 Å². The van der Waals surface area contributed by atoms with E-state index in [1.54, 1.807) is 6.07 Å². The van der Waals surface area contributed by atoms with Crippen LogP contribution < -0.4 is 16.4 Å². The molecule has 2 nitrogen and oxygen atoms in total. The molecule has 0 unspecified atom stereocenters. The van der Waals surface area contributed by atoms with Gasteiger partial charge in [-0.1, -0.05) is 98.3 Å². The lowest BCUT2D eigenvalue weighted by Gasteiger charge is -2.24. The molecule has 0 saturated carbocycles. The van der Waals surface area contributed by atoms with Gasteiger partial charge in [-0.2, -0.15) is 0 Å². The summed E-state index contributed by atoms with van der Waals surface area (Å²) in [4.78, 5) is 12.6. The summed E-state index contributed by atoms with van der Waals surface area (Å²) in [6, 6.07) is 21.3. The van der Waals surface area contributed by atoms with E-state index in [1.165, 1.54) is 61.1 Å². The van der Waals surface area contributed by atoms with E-state index in [0.29, 0.717) is 4.88 Å². The van der Waals surface area contributed by atoms with Crippen molar-refractivity contribution >= 4 is 40.4 Å². The van der Waals surface area contributed by atoms with Gasteiger partial charge in [-0.15, -0.1) is 11.3 Å². The fraction of sp³-hybridized carbons (Fsp3) is 0.207. The van der Waals surface area contributed by atoms with E-state index in [2.05, 4.69) is 90.1 Å². The molecule has 0 aliphatic carbocycles. The minimum absolute atomic E-state index is 0.137. The van der Waals surface area contributed by atoms with Crippen molar-refractivity contribution in [3.63, 3.8) is 0 Å². The van der Waals surface area contributed by atoms with E-state index in [0.717, 1.165) is 10.4 Å². The van der Waals surface area contributed by atoms with E-state index >= 15 is 0 Å². The molecule has 0 fully saturated rings. The lowest BCUT2D eigenvalue weighted by molar-refractivity contribution is 0.0702. The maximum absolute atomic E-state index is 11.3. The maximum atomic E-state index is 11.3. The second-order valence-electron chi connectivity index (χ2n) is 9.15. The van der Waals surface area contributed by atoms with Gasteiger partial charge in [0.1, 0.15) is 4.88 Å². The van der Waals surface area contributed by atoms with Gasteiger partial charge < -0.3 is 5.11 Å². The minimum Gasteiger partial charge on any atom is -0.477 e. The number of hydrogen-bond acceptors (Lipinski definition) is 2. The Morgan fingerprint density at radius 3 is 1.55 bits per heavy atom. The van der Waals surface area contributed by atoms with Crippen LogP contribution in [0.15, 0.2) is 60.7 Å². The summed E-state index contributed by atoms with van der Waals surface area (Å²) in [6.45, 7) is 13.3. The number of carboxylic acid groups (broad SMARTS) is 1. The average molecular weight is 452 g/mol. The van der Waals surface area contributed by atoms with Crippen LogP contribution in [-0.2, 0) is 0 Å². The first-order chi connectivity index (χ1) is 15.7. The molecule has 33 heavy (non-hydrogen) atoms. The van der Waals surface area contributed by atoms with Crippen LogP contribution in [0.5, 0.6) is 0 Å². The van der Waals surface area contributed by atoms with Gasteiger partial charge in [0, 0.05) is 4.88 Å². The predicted molar refractivity (Wildman–Crippen MR) is 143 cm³/mol. The van der Waals surface area contributed by atoms with Crippen LogP contribution in [0.1, 0.15) is 43.1 Å². The molecule has 0 amide bonds. The number of carbonyl (C=O) groups is 1. The topological polar surface area (TPSA) is 37.3 Å². The largest absolute Gasteiger partial charge is 0.477 e. The third-order valence-corrected chi connectivity index (χ3v) is 7.52. The lowest BCUT2D eigenvalue weighted by atomic mass is 9.34. The van der Waals surface area contributed by atoms with E-state index < -0.39 is 5.97 Å². The molecule has 0 atom stereocenters. The van der Waals surface area contributed by atoms with Crippen molar-refractivity contribution in [2.24, 2.45) is 0 Å². The Hall–Kier alpha value is -3.11. The molecule has 166 valence electrons. The Kier molecular flexibility index (Phi) is 6.31. The monoisotopic (exact) mass is 452 g/mol. The minimum atomic E-state index is -0.876. The Labute approximate surface area is 201 Å². The van der Waals surface area contributed by atoms with Crippen molar-refractivity contribution in [3.05, 3.63) is 98.9 Å². The Morgan fingerprint density at radius 1 is 0.697 bits per heavy atom. The highest BCUT2D eigenvalue weighted by atomic mass is 32.1. The number of aryl methyl sites for hydroxylation is 6. The Balaban J connectivity index is 1.88. The van der Waals surface area contributed by atoms with Crippen molar-refractivity contribution in [2.75, 3.05) is 0 Å². The van der Waals surface area contributed by atoms with Gasteiger partial charge in [-0.25, -0.2) is 4.79 Å². The molecule has 4 heteroatoms. The Bertz CT molecular complexity index is 1250. The molecule has 3 aromatic carbocycles. The molecule has 0 saturated heterocycles. The van der Waals surface area contributed by atoms with Crippen molar-refractivity contribution in [1.82, 2.24) is 0 Å². The number of aromatic carboxylic acids is 1. The first-order valence-corrected chi connectivity index (χ1v) is 12.1. The van der Waals surface area contributed by atoms with Gasteiger partial charge in [-0.05, 0) is 59.2 Å². The van der Waals surface area contributed by atoms with Gasteiger partial charge >= 0.3 is 5.97 Å². The molecule has 4 rings (SSSR count). The summed E-state index contributed by atoms with van der Waals surface area (Å²) in [5.74, 6) is -0.876. The van der Waals surface area contributed by atoms with E-state index in [9.17, 15) is 9.90 Å². The fourth-order valence-electron chi connectivity index (χ4n) is 5.22. The van der Waals surface area contributed by atoms with Crippen molar-refractivity contribution in [1.29, 1.82) is 0 Å². The van der Waals surface area contributed by atoms with Gasteiger partial charge in [0.05, 0.1) is 0 Å². The second kappa shape index (κ2) is 9.03. The van der Waals surface area contributed by atoms with Crippen LogP contribution in [0.3, 0.4) is 0 Å². The van der Waals surface area contributed by atoms with E-state index in [1.807, 2.05) is 6.07 Å². The second-order valence-corrected chi connectivity index (χ2v) is 10.2. The van der Waals surface area contributed by atoms with Gasteiger partial charge in [0.15, 0.2) is 0 Å². The number of carboxylic acids is 1. The van der Waals surface area contributed by atoms with Gasteiger partial charge in [0.2, 0.25) is 6.71 Å². The van der Waals surface area contributed by atoms with Crippen LogP contribution in [0.4, 0.5) is 0 Å². The van der Waals surface area contributed by atoms with Gasteiger partial charge in [-0.3, -0.25) is 0 Å². The van der Waals surface area contributed by atoms with Crippen LogP contribution in [0, 0.1) is 41.5 Å². The number of hydrogen-bond donors (Lipinski definition) is 1. The molecule has 0 aliphatic rings. The first kappa shape index (κ1) is 23.1. The standard InChI is InChI=1S/C29H29BO2S/c1-17-13-19(3)27(20(4)14-17)30(28-21(5)15-18(2)16-22(28)6)24-9-7-23(8-10-24)25-11-12-26(33-25)29(31)32/h7-16H,1-6H3,(H,31,32). The SMILES string of the molecule is Cc1cc(C)c(B(c2ccc(-c3ccc(C(=O)O)s3)cc2)c2c(C)cc(C)cc2C)c(C)c1. The highest BCUT2D eigenvalue weighted by molar-refractivity contribution is 7.17. The fourth-order valence-corrected chi connectivity index (χ4v) is 6.07. The molecule has 1 heterocycles. The summed E-state index contributed by atoms with van der Waals surface area (Å²) in [5, 5.41) is 9.27. The molecule has 0 spiro atoms. The van der Waals surface area contributed by atoms with E-state index in [-0.39, 0.29) is 6.71 Å². The number of thiophene rings is 1. The molecule has 4 aromatic rings. The first-order valence-electron chi connectivity index (χ1n) is 11.2. The summed E-state index contributed by atoms with van der Waals surface area (Å²) in [6.07, 6.45) is 0. The summed E-state index contributed by atoms with van der Waals surface area (Å²) >= 11 is 1.31. The third kappa shape index (κ3) is 4.53. The average Bonchev–Trinajstić information content (AvgIpc) is 3.22. The summed E-state index contributed by atoms with van der Waals surface area (Å²) in [5.41, 5.74) is 12.8. The van der Waals surface area contributed by atoms with Crippen molar-refractivity contribution in [2.45, 2.75) is 41.5 Å². The predicted octanol–water partition coefficient (Wildman–Crippen LogP) is 5.48. The smallest absolute Gasteiger partial charge is 0.345 e. The van der Waals surface area contributed by atoms with Crippen molar-refractivity contribution in [3.8, 4) is 10.4 Å². The normalized spacial score (nSPS) is 11.0. The summed E-state index contributed by atoms with van der Waals surface area (Å²) < 4.78 is 0. The number of rotatable bonds is 5. The third-order valence-electron chi connectivity index (χ3n) is 6.40. The highest BCUT2D eigenvalue weighted by Gasteiger charge is 2.28. The summed E-state index contributed by atoms with van der Waals surface area (Å²) in [7, 11) is 0. The molecule has 0 aliphatic heterocycles. The molecular weight excluding hydrogens is 423 g/mol. The molecule has 1 N–H and O–H groups in total. The quantitative estimate of drug-likeness (QED) is 0.407. The van der Waals surface area contributed by atoms with Crippen LogP contribution in [0.25, 0.3) is 10.4 Å². The zero-order valence-corrected chi connectivity index (χ0v) is 20.9. The zero-order valence-electron chi connectivity index (χ0n) is 20.1. The van der Waals surface area contributed by atoms with Crippen molar-refractivity contribution < 1.29 is 9.90 Å². The molecule has 1 aromatic heterocycles. The van der Waals surface area contributed by atoms with E-state index in [4.69, 9.17) is 0 Å². The molecular formula is C29H29BO2S. The Morgan fingerprint density at radius 2 is 1.15 bits per heavy atom. The molecule has 0 radical (unpaired) electrons. The van der Waals surface area contributed by atoms with Crippen LogP contribution >= 0.6 is 11.3 Å². The van der Waals surface area contributed by atoms with Crippen LogP contribution in [0.2, 0.25) is 0 Å². The maximum Gasteiger partial charge on any atom is 0.345 e.